The van der Waals surface area contributed by atoms with Gasteiger partial charge >= 0.3 is 0 Å². The Hall–Kier alpha value is -1.96. The predicted octanol–water partition coefficient (Wildman–Crippen LogP) is 1.63. The molecular weight excluding hydrogens is 332 g/mol. The number of anilines is 1. The monoisotopic (exact) mass is 354 g/mol. The molecule has 0 bridgehead atoms. The molecule has 0 atom stereocenters. The first-order valence-electron chi connectivity index (χ1n) is 8.19. The Morgan fingerprint density at radius 3 is 2.67 bits per heavy atom. The fraction of sp³-hybridized carbons (Fsp3) is 0.562. The number of benzene rings is 1. The topological polar surface area (TPSA) is 84.9 Å². The number of sulfonamides is 1. The first-order chi connectivity index (χ1) is 11.5. The third-order valence-electron chi connectivity index (χ3n) is 4.35. The number of amides is 1. The summed E-state index contributed by atoms with van der Waals surface area (Å²) in [4.78, 5) is 12.3. The van der Waals surface area contributed by atoms with E-state index in [-0.39, 0.29) is 31.0 Å². The summed E-state index contributed by atoms with van der Waals surface area (Å²) in [6.45, 7) is 1.44. The minimum absolute atomic E-state index is 0.0852. The van der Waals surface area contributed by atoms with Crippen LogP contribution >= 0.6 is 0 Å². The van der Waals surface area contributed by atoms with Crippen LogP contribution in [-0.4, -0.2) is 39.5 Å². The van der Waals surface area contributed by atoms with Gasteiger partial charge in [-0.15, -0.1) is 0 Å². The van der Waals surface area contributed by atoms with Crippen LogP contribution in [0.4, 0.5) is 5.69 Å². The fourth-order valence-corrected chi connectivity index (χ4v) is 4.08. The summed E-state index contributed by atoms with van der Waals surface area (Å²) in [5, 5.41) is 2.93. The van der Waals surface area contributed by atoms with Crippen molar-refractivity contribution in [3.8, 4) is 11.5 Å². The van der Waals surface area contributed by atoms with Crippen LogP contribution < -0.4 is 19.1 Å². The predicted molar refractivity (Wildman–Crippen MR) is 89.8 cm³/mol. The Labute approximate surface area is 142 Å². The van der Waals surface area contributed by atoms with Gasteiger partial charge in [0.25, 0.3) is 0 Å². The molecule has 1 amide bonds. The molecule has 132 valence electrons. The SMILES string of the molecule is CCS(=O)(=O)N(CC(=O)NC1CCCC1)c1ccc2c(c1)OCO2. The summed E-state index contributed by atoms with van der Waals surface area (Å²) in [5.74, 6) is 0.692. The minimum atomic E-state index is -3.58. The highest BCUT2D eigenvalue weighted by molar-refractivity contribution is 7.92. The molecule has 1 fully saturated rings. The van der Waals surface area contributed by atoms with E-state index < -0.39 is 10.0 Å². The summed E-state index contributed by atoms with van der Waals surface area (Å²) >= 11 is 0. The molecule has 1 N–H and O–H groups in total. The Bertz CT molecular complexity index is 713. The Balaban J connectivity index is 1.80. The molecule has 1 heterocycles. The molecule has 1 aliphatic carbocycles. The summed E-state index contributed by atoms with van der Waals surface area (Å²) in [6.07, 6.45) is 4.11. The van der Waals surface area contributed by atoms with E-state index in [1.165, 1.54) is 0 Å². The van der Waals surface area contributed by atoms with Gasteiger partial charge in [-0.25, -0.2) is 8.42 Å². The number of nitrogens with one attached hydrogen (secondary N) is 1. The van der Waals surface area contributed by atoms with Crippen molar-refractivity contribution in [2.75, 3.05) is 23.4 Å². The number of carbonyl (C=O) groups is 1. The normalized spacial score (nSPS) is 17.0. The lowest BCUT2D eigenvalue weighted by atomic mass is 10.2. The lowest BCUT2D eigenvalue weighted by Gasteiger charge is -2.24. The Morgan fingerprint density at radius 1 is 1.25 bits per heavy atom. The van der Waals surface area contributed by atoms with Crippen LogP contribution in [0.3, 0.4) is 0 Å². The van der Waals surface area contributed by atoms with Crippen LogP contribution in [-0.2, 0) is 14.8 Å². The van der Waals surface area contributed by atoms with Crippen molar-refractivity contribution in [1.82, 2.24) is 5.32 Å². The van der Waals surface area contributed by atoms with Gasteiger partial charge in [-0.3, -0.25) is 9.10 Å². The first-order valence-corrected chi connectivity index (χ1v) is 9.80. The molecule has 3 rings (SSSR count). The number of rotatable bonds is 6. The van der Waals surface area contributed by atoms with Crippen LogP contribution in [0.1, 0.15) is 32.6 Å². The molecule has 1 aromatic carbocycles. The van der Waals surface area contributed by atoms with E-state index in [4.69, 9.17) is 9.47 Å². The van der Waals surface area contributed by atoms with Crippen LogP contribution in [0.15, 0.2) is 18.2 Å². The van der Waals surface area contributed by atoms with Gasteiger partial charge in [0.15, 0.2) is 11.5 Å². The zero-order chi connectivity index (χ0) is 17.2. The van der Waals surface area contributed by atoms with Gasteiger partial charge in [-0.1, -0.05) is 12.8 Å². The van der Waals surface area contributed by atoms with Crippen molar-refractivity contribution >= 4 is 21.6 Å². The third kappa shape index (κ3) is 3.58. The molecule has 2 aliphatic rings. The number of nitrogens with zero attached hydrogens (tertiary/aromatic N) is 1. The molecular formula is C16H22N2O5S. The summed E-state index contributed by atoms with van der Waals surface area (Å²) in [7, 11) is -3.58. The van der Waals surface area contributed by atoms with Crippen LogP contribution in [0, 0.1) is 0 Å². The summed E-state index contributed by atoms with van der Waals surface area (Å²) < 4.78 is 36.6. The zero-order valence-electron chi connectivity index (χ0n) is 13.7. The number of fused-ring (bicyclic) bond motifs is 1. The molecule has 7 nitrogen and oxygen atoms in total. The van der Waals surface area contributed by atoms with E-state index >= 15 is 0 Å². The summed E-state index contributed by atoms with van der Waals surface area (Å²) in [6, 6.07) is 5.03. The maximum atomic E-state index is 12.4. The van der Waals surface area contributed by atoms with Crippen molar-refractivity contribution in [1.29, 1.82) is 0 Å². The van der Waals surface area contributed by atoms with Crippen LogP contribution in [0.25, 0.3) is 0 Å². The van der Waals surface area contributed by atoms with Gasteiger partial charge in [-0.2, -0.15) is 0 Å². The summed E-state index contributed by atoms with van der Waals surface area (Å²) in [5.41, 5.74) is 0.405. The van der Waals surface area contributed by atoms with Gasteiger partial charge in [-0.05, 0) is 31.9 Å². The van der Waals surface area contributed by atoms with Crippen molar-refractivity contribution in [2.24, 2.45) is 0 Å². The second kappa shape index (κ2) is 6.88. The molecule has 0 aromatic heterocycles. The van der Waals surface area contributed by atoms with Crippen LogP contribution in [0.2, 0.25) is 0 Å². The first kappa shape index (κ1) is 16.9. The lowest BCUT2D eigenvalue weighted by Crippen LogP contribution is -2.44. The second-order valence-electron chi connectivity index (χ2n) is 5.99. The molecule has 0 radical (unpaired) electrons. The lowest BCUT2D eigenvalue weighted by molar-refractivity contribution is -0.120. The second-order valence-corrected chi connectivity index (χ2v) is 8.18. The van der Waals surface area contributed by atoms with Crippen LogP contribution in [0.5, 0.6) is 11.5 Å². The molecule has 0 spiro atoms. The van der Waals surface area contributed by atoms with E-state index in [1.807, 2.05) is 0 Å². The van der Waals surface area contributed by atoms with Crippen molar-refractivity contribution < 1.29 is 22.7 Å². The van der Waals surface area contributed by atoms with E-state index in [0.29, 0.717) is 17.2 Å². The van der Waals surface area contributed by atoms with Gasteiger partial charge < -0.3 is 14.8 Å². The Morgan fingerprint density at radius 2 is 1.96 bits per heavy atom. The maximum absolute atomic E-state index is 12.4. The number of hydrogen-bond acceptors (Lipinski definition) is 5. The van der Waals surface area contributed by atoms with E-state index in [2.05, 4.69) is 5.32 Å². The fourth-order valence-electron chi connectivity index (χ4n) is 3.02. The molecule has 1 aliphatic heterocycles. The van der Waals surface area contributed by atoms with Gasteiger partial charge in [0.05, 0.1) is 11.4 Å². The molecule has 1 saturated carbocycles. The van der Waals surface area contributed by atoms with E-state index in [1.54, 1.807) is 25.1 Å². The standard InChI is InChI=1S/C16H22N2O5S/c1-2-24(20,21)18(10-16(19)17-12-5-3-4-6-12)13-7-8-14-15(9-13)23-11-22-14/h7-9,12H,2-6,10-11H2,1H3,(H,17,19). The largest absolute Gasteiger partial charge is 0.454 e. The molecule has 1 aromatic rings. The zero-order valence-corrected chi connectivity index (χ0v) is 14.5. The molecule has 24 heavy (non-hydrogen) atoms. The quantitative estimate of drug-likeness (QED) is 0.839. The van der Waals surface area contributed by atoms with Gasteiger partial charge in [0, 0.05) is 12.1 Å². The highest BCUT2D eigenvalue weighted by atomic mass is 32.2. The maximum Gasteiger partial charge on any atom is 0.240 e. The minimum Gasteiger partial charge on any atom is -0.454 e. The number of carbonyl (C=O) groups excluding carboxylic acids is 1. The van der Waals surface area contributed by atoms with Gasteiger partial charge in [0.2, 0.25) is 22.7 Å². The highest BCUT2D eigenvalue weighted by Gasteiger charge is 2.27. The highest BCUT2D eigenvalue weighted by Crippen LogP contribution is 2.36. The van der Waals surface area contributed by atoms with E-state index in [9.17, 15) is 13.2 Å². The van der Waals surface area contributed by atoms with Crippen molar-refractivity contribution in [3.63, 3.8) is 0 Å². The number of ether oxygens (including phenoxy) is 2. The average Bonchev–Trinajstić information content (AvgIpc) is 3.22. The number of hydrogen-bond donors (Lipinski definition) is 1. The van der Waals surface area contributed by atoms with Crippen molar-refractivity contribution in [2.45, 2.75) is 38.6 Å². The third-order valence-corrected chi connectivity index (χ3v) is 6.09. The molecule has 0 unspecified atom stereocenters. The Kier molecular flexibility index (Phi) is 4.84. The van der Waals surface area contributed by atoms with E-state index in [0.717, 1.165) is 30.0 Å². The van der Waals surface area contributed by atoms with Gasteiger partial charge in [0.1, 0.15) is 6.54 Å². The van der Waals surface area contributed by atoms with Crippen molar-refractivity contribution in [3.05, 3.63) is 18.2 Å². The molecule has 0 saturated heterocycles. The average molecular weight is 354 g/mol. The smallest absolute Gasteiger partial charge is 0.240 e. The molecule has 8 heteroatoms.